The van der Waals surface area contributed by atoms with E-state index in [4.69, 9.17) is 0 Å². The summed E-state index contributed by atoms with van der Waals surface area (Å²) in [6.45, 7) is 12.0. The van der Waals surface area contributed by atoms with E-state index in [9.17, 15) is 9.59 Å². The van der Waals surface area contributed by atoms with E-state index in [1.54, 1.807) is 4.57 Å². The molecule has 7 nitrogen and oxygen atoms in total. The van der Waals surface area contributed by atoms with Crippen LogP contribution in [0.15, 0.2) is 58.5 Å². The molecular formula is C25H29N5O2S. The second-order valence-corrected chi connectivity index (χ2v) is 10.1. The standard InChI is InChI=1S/C25H29N5O2S/c1-15(2)28(16(3)4)22(31)18(6)33-25-27-26-24-29(19-13-11-17(5)12-14-19)23(32)20-9-7-8-10-21(20)30(24)25/h7-16,18H,1-6H3. The van der Waals surface area contributed by atoms with Gasteiger partial charge in [-0.25, -0.2) is 4.57 Å². The van der Waals surface area contributed by atoms with Gasteiger partial charge in [-0.1, -0.05) is 41.6 Å². The Morgan fingerprint density at radius 1 is 0.939 bits per heavy atom. The smallest absolute Gasteiger partial charge is 0.267 e. The lowest BCUT2D eigenvalue weighted by Gasteiger charge is -2.32. The van der Waals surface area contributed by atoms with Gasteiger partial charge in [-0.05, 0) is 65.8 Å². The number of carbonyl (C=O) groups excluding carboxylic acids is 1. The molecule has 0 bridgehead atoms. The molecule has 2 heterocycles. The molecule has 4 rings (SSSR count). The van der Waals surface area contributed by atoms with Gasteiger partial charge in [0, 0.05) is 12.1 Å². The Morgan fingerprint density at radius 3 is 2.21 bits per heavy atom. The van der Waals surface area contributed by atoms with Crippen LogP contribution in [0.3, 0.4) is 0 Å². The minimum Gasteiger partial charge on any atom is -0.337 e. The lowest BCUT2D eigenvalue weighted by atomic mass is 10.2. The van der Waals surface area contributed by atoms with Gasteiger partial charge in [-0.3, -0.25) is 14.0 Å². The summed E-state index contributed by atoms with van der Waals surface area (Å²) in [5.41, 5.74) is 2.40. The number of aryl methyl sites for hydroxylation is 1. The fourth-order valence-corrected chi connectivity index (χ4v) is 5.12. The van der Waals surface area contributed by atoms with Crippen LogP contribution in [0.25, 0.3) is 22.4 Å². The molecule has 0 saturated heterocycles. The topological polar surface area (TPSA) is 72.5 Å². The van der Waals surface area contributed by atoms with Crippen molar-refractivity contribution in [3.05, 3.63) is 64.4 Å². The van der Waals surface area contributed by atoms with Gasteiger partial charge in [-0.15, -0.1) is 10.2 Å². The van der Waals surface area contributed by atoms with Crippen molar-refractivity contribution >= 4 is 34.3 Å². The van der Waals surface area contributed by atoms with Crippen molar-refractivity contribution in [2.24, 2.45) is 0 Å². The Hall–Kier alpha value is -3.13. The third kappa shape index (κ3) is 4.15. The summed E-state index contributed by atoms with van der Waals surface area (Å²) >= 11 is 1.36. The molecule has 0 aliphatic carbocycles. The molecule has 2 aromatic heterocycles. The highest BCUT2D eigenvalue weighted by atomic mass is 32.2. The second-order valence-electron chi connectivity index (χ2n) is 8.80. The first-order valence-electron chi connectivity index (χ1n) is 11.2. The van der Waals surface area contributed by atoms with Gasteiger partial charge in [0.05, 0.1) is 21.8 Å². The molecule has 0 radical (unpaired) electrons. The summed E-state index contributed by atoms with van der Waals surface area (Å²) in [5, 5.41) is 9.58. The molecule has 4 aromatic rings. The molecule has 1 atom stereocenters. The lowest BCUT2D eigenvalue weighted by Crippen LogP contribution is -2.45. The molecule has 0 fully saturated rings. The number of amides is 1. The number of thioether (sulfide) groups is 1. The van der Waals surface area contributed by atoms with Gasteiger partial charge in [0.2, 0.25) is 11.7 Å². The molecule has 2 aromatic carbocycles. The molecule has 172 valence electrons. The Labute approximate surface area is 197 Å². The third-order valence-electron chi connectivity index (χ3n) is 5.68. The highest BCUT2D eigenvalue weighted by Crippen LogP contribution is 2.28. The number of fused-ring (bicyclic) bond motifs is 3. The van der Waals surface area contributed by atoms with Crippen LogP contribution in [0.1, 0.15) is 40.2 Å². The van der Waals surface area contributed by atoms with Crippen molar-refractivity contribution in [3.8, 4) is 5.69 Å². The van der Waals surface area contributed by atoms with E-state index in [1.165, 1.54) is 11.8 Å². The van der Waals surface area contributed by atoms with Gasteiger partial charge in [0.15, 0.2) is 5.16 Å². The van der Waals surface area contributed by atoms with E-state index in [1.807, 2.05) is 99.4 Å². The maximum atomic E-state index is 13.4. The van der Waals surface area contributed by atoms with Gasteiger partial charge in [0.25, 0.3) is 5.56 Å². The number of rotatable bonds is 6. The predicted molar refractivity (Wildman–Crippen MR) is 133 cm³/mol. The van der Waals surface area contributed by atoms with Gasteiger partial charge >= 0.3 is 0 Å². The lowest BCUT2D eigenvalue weighted by molar-refractivity contribution is -0.133. The van der Waals surface area contributed by atoms with Crippen LogP contribution in [-0.2, 0) is 4.79 Å². The number of carbonyl (C=O) groups is 1. The van der Waals surface area contributed by atoms with Gasteiger partial charge in [-0.2, -0.15) is 0 Å². The van der Waals surface area contributed by atoms with Crippen molar-refractivity contribution in [3.63, 3.8) is 0 Å². The zero-order valence-corrected chi connectivity index (χ0v) is 20.6. The quantitative estimate of drug-likeness (QED) is 0.395. The van der Waals surface area contributed by atoms with E-state index in [0.717, 1.165) is 16.8 Å². The van der Waals surface area contributed by atoms with E-state index in [2.05, 4.69) is 10.2 Å². The van der Waals surface area contributed by atoms with Crippen molar-refractivity contribution in [2.45, 2.75) is 64.0 Å². The van der Waals surface area contributed by atoms with Crippen LogP contribution in [0.2, 0.25) is 0 Å². The molecular weight excluding hydrogens is 434 g/mol. The fraction of sp³-hybridized carbons (Fsp3) is 0.360. The van der Waals surface area contributed by atoms with Crippen LogP contribution < -0.4 is 5.56 Å². The monoisotopic (exact) mass is 463 g/mol. The Bertz CT molecular complexity index is 1360. The largest absolute Gasteiger partial charge is 0.337 e. The summed E-state index contributed by atoms with van der Waals surface area (Å²) in [6.07, 6.45) is 0. The Morgan fingerprint density at radius 2 is 1.58 bits per heavy atom. The maximum absolute atomic E-state index is 13.4. The average molecular weight is 464 g/mol. The molecule has 0 saturated carbocycles. The second kappa shape index (κ2) is 9.02. The van der Waals surface area contributed by atoms with Gasteiger partial charge < -0.3 is 4.90 Å². The highest BCUT2D eigenvalue weighted by molar-refractivity contribution is 8.00. The minimum atomic E-state index is -0.360. The highest BCUT2D eigenvalue weighted by Gasteiger charge is 2.28. The summed E-state index contributed by atoms with van der Waals surface area (Å²) in [5.74, 6) is 0.479. The number of nitrogens with zero attached hydrogens (tertiary/aromatic N) is 5. The zero-order valence-electron chi connectivity index (χ0n) is 19.8. The molecule has 0 aliphatic heterocycles. The number of hydrogen-bond acceptors (Lipinski definition) is 5. The Balaban J connectivity index is 1.87. The molecule has 0 spiro atoms. The summed E-state index contributed by atoms with van der Waals surface area (Å²) in [7, 11) is 0. The summed E-state index contributed by atoms with van der Waals surface area (Å²) in [6, 6.07) is 15.4. The van der Waals surface area contributed by atoms with E-state index >= 15 is 0 Å². The molecule has 1 unspecified atom stereocenters. The van der Waals surface area contributed by atoms with E-state index in [0.29, 0.717) is 16.3 Å². The fourth-order valence-electron chi connectivity index (χ4n) is 4.21. The van der Waals surface area contributed by atoms with E-state index in [-0.39, 0.29) is 28.8 Å². The number of para-hydroxylation sites is 1. The SMILES string of the molecule is Cc1ccc(-n2c(=O)c3ccccc3n3c(SC(C)C(=O)N(C(C)C)C(C)C)nnc23)cc1. The third-order valence-corrected chi connectivity index (χ3v) is 6.71. The number of hydrogen-bond donors (Lipinski definition) is 0. The van der Waals surface area contributed by atoms with Crippen LogP contribution in [0.5, 0.6) is 0 Å². The van der Waals surface area contributed by atoms with Crippen LogP contribution in [-0.4, -0.2) is 47.3 Å². The number of benzene rings is 2. The molecule has 0 N–H and O–H groups in total. The number of aromatic nitrogens is 4. The van der Waals surface area contributed by atoms with Crippen molar-refractivity contribution < 1.29 is 4.79 Å². The average Bonchev–Trinajstić information content (AvgIpc) is 3.18. The van der Waals surface area contributed by atoms with Crippen LogP contribution >= 0.6 is 11.8 Å². The summed E-state index contributed by atoms with van der Waals surface area (Å²) in [4.78, 5) is 28.5. The Kier molecular flexibility index (Phi) is 6.30. The maximum Gasteiger partial charge on any atom is 0.267 e. The van der Waals surface area contributed by atoms with Crippen LogP contribution in [0.4, 0.5) is 0 Å². The first kappa shape index (κ1) is 23.0. The molecule has 0 aliphatic rings. The van der Waals surface area contributed by atoms with Crippen molar-refractivity contribution in [2.75, 3.05) is 0 Å². The molecule has 8 heteroatoms. The van der Waals surface area contributed by atoms with Gasteiger partial charge in [0.1, 0.15) is 0 Å². The predicted octanol–water partition coefficient (Wildman–Crippen LogP) is 4.47. The normalized spacial score (nSPS) is 12.7. The summed E-state index contributed by atoms with van der Waals surface area (Å²) < 4.78 is 3.46. The molecule has 33 heavy (non-hydrogen) atoms. The van der Waals surface area contributed by atoms with Crippen LogP contribution in [0, 0.1) is 6.92 Å². The van der Waals surface area contributed by atoms with Crippen molar-refractivity contribution in [1.29, 1.82) is 0 Å². The minimum absolute atomic E-state index is 0.0536. The zero-order chi connectivity index (χ0) is 23.9. The van der Waals surface area contributed by atoms with E-state index < -0.39 is 0 Å². The first-order chi connectivity index (χ1) is 15.7. The first-order valence-corrected chi connectivity index (χ1v) is 12.0. The molecule has 1 amide bonds. The van der Waals surface area contributed by atoms with Crippen molar-refractivity contribution in [1.82, 2.24) is 24.1 Å².